The first kappa shape index (κ1) is 19.3. The van der Waals surface area contributed by atoms with Crippen molar-refractivity contribution in [2.75, 3.05) is 5.32 Å². The van der Waals surface area contributed by atoms with Crippen LogP contribution in [0, 0.1) is 18.6 Å². The molecule has 0 aliphatic carbocycles. The zero-order chi connectivity index (χ0) is 20.3. The summed E-state index contributed by atoms with van der Waals surface area (Å²) in [6, 6.07) is 10.5. The molecule has 0 fully saturated rings. The number of amides is 2. The van der Waals surface area contributed by atoms with Crippen molar-refractivity contribution in [3.05, 3.63) is 88.9 Å². The first-order valence-electron chi connectivity index (χ1n) is 8.56. The molecule has 0 aliphatic rings. The fraction of sp³-hybridized carbons (Fsp3) is 0.143. The smallest absolute Gasteiger partial charge is 0.291 e. The van der Waals surface area contributed by atoms with Crippen LogP contribution in [0.4, 0.5) is 14.5 Å². The molecule has 144 valence electrons. The van der Waals surface area contributed by atoms with Gasteiger partial charge in [0.2, 0.25) is 0 Å². The zero-order valence-corrected chi connectivity index (χ0v) is 15.3. The molecule has 2 N–H and O–H groups in total. The third-order valence-corrected chi connectivity index (χ3v) is 4.27. The number of hydrogen-bond acceptors (Lipinski definition) is 3. The summed E-state index contributed by atoms with van der Waals surface area (Å²) in [6.45, 7) is 3.39. The van der Waals surface area contributed by atoms with Gasteiger partial charge >= 0.3 is 0 Å². The number of aryl methyl sites for hydroxylation is 1. The summed E-state index contributed by atoms with van der Waals surface area (Å²) < 4.78 is 32.0. The Morgan fingerprint density at radius 1 is 1.04 bits per heavy atom. The van der Waals surface area contributed by atoms with Crippen LogP contribution in [-0.2, 0) is 0 Å². The monoisotopic (exact) mass is 384 g/mol. The molecule has 2 aromatic carbocycles. The van der Waals surface area contributed by atoms with Gasteiger partial charge < -0.3 is 15.1 Å². The summed E-state index contributed by atoms with van der Waals surface area (Å²) in [4.78, 5) is 24.7. The number of rotatable bonds is 5. The molecule has 3 rings (SSSR count). The van der Waals surface area contributed by atoms with E-state index in [2.05, 4.69) is 10.6 Å². The van der Waals surface area contributed by atoms with Gasteiger partial charge in [-0.2, -0.15) is 0 Å². The van der Waals surface area contributed by atoms with Gasteiger partial charge in [0.1, 0.15) is 11.6 Å². The van der Waals surface area contributed by atoms with Gasteiger partial charge in [0.25, 0.3) is 11.8 Å². The Balaban J connectivity index is 1.75. The minimum atomic E-state index is -0.733. The molecular formula is C21H18F2N2O3. The third kappa shape index (κ3) is 4.25. The molecule has 0 saturated heterocycles. The Bertz CT molecular complexity index is 1020. The number of furan rings is 1. The van der Waals surface area contributed by atoms with Gasteiger partial charge in [-0.3, -0.25) is 9.59 Å². The number of carbonyl (C=O) groups excluding carboxylic acids is 2. The summed E-state index contributed by atoms with van der Waals surface area (Å²) >= 11 is 0. The summed E-state index contributed by atoms with van der Waals surface area (Å²) in [5.74, 6) is -2.16. The average molecular weight is 384 g/mol. The number of halogens is 2. The molecule has 1 aromatic heterocycles. The van der Waals surface area contributed by atoms with Crippen molar-refractivity contribution in [1.29, 1.82) is 0 Å². The molecule has 5 nitrogen and oxygen atoms in total. The number of benzene rings is 2. The lowest BCUT2D eigenvalue weighted by atomic mass is 10.1. The molecular weight excluding hydrogens is 366 g/mol. The molecule has 0 radical (unpaired) electrons. The number of carbonyl (C=O) groups is 2. The SMILES string of the molecule is Cc1ccc(C(=O)NC(C)c2ccc(F)cc2F)cc1NC(=O)c1ccco1. The largest absolute Gasteiger partial charge is 0.459 e. The molecule has 0 saturated carbocycles. The number of anilines is 1. The maximum Gasteiger partial charge on any atom is 0.291 e. The fourth-order valence-corrected chi connectivity index (χ4v) is 2.70. The van der Waals surface area contributed by atoms with Gasteiger partial charge in [0.05, 0.1) is 12.3 Å². The van der Waals surface area contributed by atoms with Crippen LogP contribution < -0.4 is 10.6 Å². The Kier molecular flexibility index (Phi) is 5.54. The van der Waals surface area contributed by atoms with Crippen molar-refractivity contribution in [3.63, 3.8) is 0 Å². The van der Waals surface area contributed by atoms with E-state index in [9.17, 15) is 18.4 Å². The van der Waals surface area contributed by atoms with Gasteiger partial charge in [0, 0.05) is 22.9 Å². The average Bonchev–Trinajstić information content (AvgIpc) is 3.18. The van der Waals surface area contributed by atoms with E-state index in [4.69, 9.17) is 4.42 Å². The van der Waals surface area contributed by atoms with Crippen molar-refractivity contribution in [3.8, 4) is 0 Å². The van der Waals surface area contributed by atoms with Crippen molar-refractivity contribution < 1.29 is 22.8 Å². The topological polar surface area (TPSA) is 71.3 Å². The van der Waals surface area contributed by atoms with Crippen LogP contribution in [0.3, 0.4) is 0 Å². The summed E-state index contributed by atoms with van der Waals surface area (Å²) in [6.07, 6.45) is 1.39. The maximum atomic E-state index is 13.9. The van der Waals surface area contributed by atoms with Crippen LogP contribution >= 0.6 is 0 Å². The Morgan fingerprint density at radius 3 is 2.50 bits per heavy atom. The van der Waals surface area contributed by atoms with Crippen LogP contribution in [0.1, 0.15) is 45.0 Å². The Labute approximate surface area is 160 Å². The van der Waals surface area contributed by atoms with Crippen LogP contribution in [-0.4, -0.2) is 11.8 Å². The predicted molar refractivity (Wildman–Crippen MR) is 100 cm³/mol. The predicted octanol–water partition coefficient (Wildman–Crippen LogP) is 4.61. The van der Waals surface area contributed by atoms with Crippen molar-refractivity contribution >= 4 is 17.5 Å². The van der Waals surface area contributed by atoms with E-state index in [0.29, 0.717) is 5.69 Å². The van der Waals surface area contributed by atoms with E-state index < -0.39 is 29.5 Å². The van der Waals surface area contributed by atoms with E-state index in [1.807, 2.05) is 0 Å². The standard InChI is InChI=1S/C21H18F2N2O3/c1-12-5-6-14(10-18(12)25-21(27)19-4-3-9-28-19)20(26)24-13(2)16-8-7-15(22)11-17(16)23/h3-11,13H,1-2H3,(H,24,26)(H,25,27). The normalized spacial score (nSPS) is 11.7. The second kappa shape index (κ2) is 8.04. The van der Waals surface area contributed by atoms with Crippen molar-refractivity contribution in [1.82, 2.24) is 5.32 Å². The van der Waals surface area contributed by atoms with Crippen LogP contribution in [0.15, 0.2) is 59.2 Å². The quantitative estimate of drug-likeness (QED) is 0.675. The highest BCUT2D eigenvalue weighted by Gasteiger charge is 2.17. The molecule has 2 amide bonds. The lowest BCUT2D eigenvalue weighted by molar-refractivity contribution is 0.0937. The Hall–Kier alpha value is -3.48. The maximum absolute atomic E-state index is 13.9. The van der Waals surface area contributed by atoms with E-state index >= 15 is 0 Å². The van der Waals surface area contributed by atoms with E-state index in [-0.39, 0.29) is 16.9 Å². The molecule has 0 aliphatic heterocycles. The van der Waals surface area contributed by atoms with E-state index in [0.717, 1.165) is 17.7 Å². The van der Waals surface area contributed by atoms with Gasteiger partial charge in [0.15, 0.2) is 5.76 Å². The van der Waals surface area contributed by atoms with Gasteiger partial charge in [-0.25, -0.2) is 8.78 Å². The number of hydrogen-bond donors (Lipinski definition) is 2. The van der Waals surface area contributed by atoms with Crippen molar-refractivity contribution in [2.24, 2.45) is 0 Å². The van der Waals surface area contributed by atoms with Gasteiger partial charge in [-0.15, -0.1) is 0 Å². The molecule has 1 heterocycles. The highest BCUT2D eigenvalue weighted by Crippen LogP contribution is 2.21. The van der Waals surface area contributed by atoms with Gasteiger partial charge in [-0.05, 0) is 49.7 Å². The second-order valence-corrected chi connectivity index (χ2v) is 6.32. The van der Waals surface area contributed by atoms with E-state index in [1.165, 1.54) is 24.5 Å². The fourth-order valence-electron chi connectivity index (χ4n) is 2.70. The molecule has 28 heavy (non-hydrogen) atoms. The molecule has 0 spiro atoms. The number of nitrogens with one attached hydrogen (secondary N) is 2. The molecule has 3 aromatic rings. The minimum absolute atomic E-state index is 0.148. The zero-order valence-electron chi connectivity index (χ0n) is 15.3. The first-order chi connectivity index (χ1) is 13.3. The lowest BCUT2D eigenvalue weighted by Gasteiger charge is -2.16. The molecule has 0 bridgehead atoms. The van der Waals surface area contributed by atoms with Crippen LogP contribution in [0.2, 0.25) is 0 Å². The van der Waals surface area contributed by atoms with E-state index in [1.54, 1.807) is 32.0 Å². The summed E-state index contributed by atoms with van der Waals surface area (Å²) in [5, 5.41) is 5.36. The molecule has 1 atom stereocenters. The van der Waals surface area contributed by atoms with Crippen molar-refractivity contribution in [2.45, 2.75) is 19.9 Å². The highest BCUT2D eigenvalue weighted by atomic mass is 19.1. The minimum Gasteiger partial charge on any atom is -0.459 e. The van der Waals surface area contributed by atoms with Gasteiger partial charge in [-0.1, -0.05) is 12.1 Å². The Morgan fingerprint density at radius 2 is 1.82 bits per heavy atom. The highest BCUT2D eigenvalue weighted by molar-refractivity contribution is 6.04. The second-order valence-electron chi connectivity index (χ2n) is 6.32. The first-order valence-corrected chi connectivity index (χ1v) is 8.56. The molecule has 1 unspecified atom stereocenters. The summed E-state index contributed by atoms with van der Waals surface area (Å²) in [5.41, 5.74) is 1.67. The lowest BCUT2D eigenvalue weighted by Crippen LogP contribution is -2.27. The molecule has 7 heteroatoms. The van der Waals surface area contributed by atoms with Crippen LogP contribution in [0.25, 0.3) is 0 Å². The third-order valence-electron chi connectivity index (χ3n) is 4.27. The summed E-state index contributed by atoms with van der Waals surface area (Å²) in [7, 11) is 0. The van der Waals surface area contributed by atoms with Crippen LogP contribution in [0.5, 0.6) is 0 Å².